The number of non-ortho nitro benzene ring substituents is 1. The van der Waals surface area contributed by atoms with Crippen LogP contribution < -0.4 is 19.5 Å². The van der Waals surface area contributed by atoms with Crippen molar-refractivity contribution >= 4 is 63.5 Å². The maximum absolute atomic E-state index is 12.7. The van der Waals surface area contributed by atoms with Crippen molar-refractivity contribution in [1.82, 2.24) is 0 Å². The van der Waals surface area contributed by atoms with E-state index in [0.29, 0.717) is 20.4 Å². The van der Waals surface area contributed by atoms with Gasteiger partial charge in [0.05, 0.1) is 38.5 Å². The molecule has 12 heteroatoms. The van der Waals surface area contributed by atoms with Crippen LogP contribution in [0.2, 0.25) is 5.02 Å². The van der Waals surface area contributed by atoms with E-state index in [2.05, 4.69) is 5.32 Å². The fourth-order valence-corrected chi connectivity index (χ4v) is 4.09. The highest BCUT2D eigenvalue weighted by Gasteiger charge is 2.19. The molecule has 0 bridgehead atoms. The minimum absolute atomic E-state index is 0.0546. The Morgan fingerprint density at radius 1 is 1.18 bits per heavy atom. The van der Waals surface area contributed by atoms with Gasteiger partial charge >= 0.3 is 5.97 Å². The Morgan fingerprint density at radius 2 is 1.89 bits per heavy atom. The van der Waals surface area contributed by atoms with Gasteiger partial charge in [-0.3, -0.25) is 14.9 Å². The van der Waals surface area contributed by atoms with Gasteiger partial charge in [0.25, 0.3) is 11.6 Å². The third-order valence-electron chi connectivity index (χ3n) is 4.94. The van der Waals surface area contributed by atoms with E-state index in [9.17, 15) is 25.0 Å². The number of nitrogens with one attached hydrogen (secondary N) is 1. The van der Waals surface area contributed by atoms with E-state index in [-0.39, 0.29) is 40.1 Å². The van der Waals surface area contributed by atoms with Crippen LogP contribution in [0.1, 0.15) is 22.8 Å². The van der Waals surface area contributed by atoms with Gasteiger partial charge in [0.1, 0.15) is 17.4 Å². The van der Waals surface area contributed by atoms with Crippen LogP contribution in [0, 0.1) is 25.0 Å². The molecule has 3 aromatic carbocycles. The van der Waals surface area contributed by atoms with E-state index in [4.69, 9.17) is 25.8 Å². The van der Waals surface area contributed by atoms with Gasteiger partial charge in [0.2, 0.25) is 0 Å². The number of amides is 1. The van der Waals surface area contributed by atoms with E-state index < -0.39 is 16.8 Å². The molecule has 3 rings (SSSR count). The Labute approximate surface area is 236 Å². The number of nitro groups is 1. The van der Waals surface area contributed by atoms with Crippen LogP contribution in [0.4, 0.5) is 11.4 Å². The summed E-state index contributed by atoms with van der Waals surface area (Å²) in [6, 6.07) is 14.9. The van der Waals surface area contributed by atoms with Crippen LogP contribution in [0.15, 0.2) is 60.2 Å². The molecule has 0 fully saturated rings. The summed E-state index contributed by atoms with van der Waals surface area (Å²) in [7, 11) is 1.52. The zero-order valence-corrected chi connectivity index (χ0v) is 22.9. The lowest BCUT2D eigenvalue weighted by molar-refractivity contribution is -0.384. The first-order valence-electron chi connectivity index (χ1n) is 10.9. The fourth-order valence-electron chi connectivity index (χ4n) is 3.14. The van der Waals surface area contributed by atoms with Crippen LogP contribution >= 0.6 is 34.2 Å². The first kappa shape index (κ1) is 28.4. The lowest BCUT2D eigenvalue weighted by Gasteiger charge is -2.14. The average Bonchev–Trinajstić information content (AvgIpc) is 2.90. The number of nitriles is 1. The summed E-state index contributed by atoms with van der Waals surface area (Å²) in [5, 5.41) is 22.9. The third kappa shape index (κ3) is 6.99. The lowest BCUT2D eigenvalue weighted by atomic mass is 10.1. The highest BCUT2D eigenvalue weighted by Crippen LogP contribution is 2.36. The number of nitrogens with zero attached hydrogens (tertiary/aromatic N) is 2. The Kier molecular flexibility index (Phi) is 9.64. The van der Waals surface area contributed by atoms with Crippen molar-refractivity contribution in [3.8, 4) is 23.3 Å². The molecule has 0 aliphatic rings. The number of hydrogen-bond donors (Lipinski definition) is 1. The van der Waals surface area contributed by atoms with Gasteiger partial charge in [0.15, 0.2) is 11.5 Å². The van der Waals surface area contributed by atoms with Crippen molar-refractivity contribution in [2.24, 2.45) is 0 Å². The second-order valence-corrected chi connectivity index (χ2v) is 9.00. The molecular formula is C26H19ClIN3O7. The summed E-state index contributed by atoms with van der Waals surface area (Å²) in [5.74, 6) is -0.358. The molecule has 194 valence electrons. The van der Waals surface area contributed by atoms with Crippen molar-refractivity contribution in [2.45, 2.75) is 6.92 Å². The van der Waals surface area contributed by atoms with Crippen LogP contribution in [0.5, 0.6) is 17.2 Å². The summed E-state index contributed by atoms with van der Waals surface area (Å²) in [4.78, 5) is 35.7. The van der Waals surface area contributed by atoms with Gasteiger partial charge in [0, 0.05) is 12.1 Å². The number of carbonyl (C=O) groups is 2. The Balaban J connectivity index is 1.87. The van der Waals surface area contributed by atoms with E-state index in [1.54, 1.807) is 37.3 Å². The SMILES string of the molecule is CCOc1cc(/C=C(\C#N)C(=O)Nc2ccc([N+](=O)[O-])cc2Cl)cc(I)c1OC(=O)c1ccc(OC)cc1. The topological polar surface area (TPSA) is 141 Å². The monoisotopic (exact) mass is 647 g/mol. The third-order valence-corrected chi connectivity index (χ3v) is 6.05. The molecule has 0 spiro atoms. The predicted molar refractivity (Wildman–Crippen MR) is 149 cm³/mol. The first-order valence-corrected chi connectivity index (χ1v) is 12.3. The smallest absolute Gasteiger partial charge is 0.343 e. The second kappa shape index (κ2) is 12.9. The molecule has 0 saturated heterocycles. The summed E-state index contributed by atoms with van der Waals surface area (Å²) in [6.07, 6.45) is 1.33. The Bertz CT molecular complexity index is 1470. The maximum atomic E-state index is 12.7. The minimum Gasteiger partial charge on any atom is -0.497 e. The highest BCUT2D eigenvalue weighted by atomic mass is 127. The number of nitro benzene ring substituents is 1. The van der Waals surface area contributed by atoms with Crippen LogP contribution in [-0.4, -0.2) is 30.5 Å². The number of hydrogen-bond acceptors (Lipinski definition) is 8. The van der Waals surface area contributed by atoms with Crippen molar-refractivity contribution in [2.75, 3.05) is 19.0 Å². The number of ether oxygens (including phenoxy) is 3. The Morgan fingerprint density at radius 3 is 2.47 bits per heavy atom. The molecule has 38 heavy (non-hydrogen) atoms. The predicted octanol–water partition coefficient (Wildman–Crippen LogP) is 6.02. The maximum Gasteiger partial charge on any atom is 0.343 e. The van der Waals surface area contributed by atoms with Crippen molar-refractivity contribution in [3.63, 3.8) is 0 Å². The van der Waals surface area contributed by atoms with Crippen LogP contribution in [0.3, 0.4) is 0 Å². The summed E-state index contributed by atoms with van der Waals surface area (Å²) in [6.45, 7) is 2.02. The van der Waals surface area contributed by atoms with Gasteiger partial charge < -0.3 is 19.5 Å². The van der Waals surface area contributed by atoms with Crippen LogP contribution in [-0.2, 0) is 4.79 Å². The van der Waals surface area contributed by atoms with E-state index in [1.807, 2.05) is 28.7 Å². The summed E-state index contributed by atoms with van der Waals surface area (Å²) < 4.78 is 16.9. The molecule has 0 saturated carbocycles. The standard InChI is InChI=1S/C26H19ClIN3O7/c1-3-37-23-12-15(11-21(28)24(23)38-26(33)16-4-7-19(36-2)8-5-16)10-17(14-29)25(32)30-22-9-6-18(31(34)35)13-20(22)27/h4-13H,3H2,1-2H3,(H,30,32)/b17-10+. The molecule has 3 aromatic rings. The number of rotatable bonds is 9. The molecule has 1 amide bonds. The average molecular weight is 648 g/mol. The molecule has 0 aliphatic heterocycles. The van der Waals surface area contributed by atoms with Gasteiger partial charge in [-0.15, -0.1) is 0 Å². The molecule has 10 nitrogen and oxygen atoms in total. The normalized spacial score (nSPS) is 10.8. The number of anilines is 1. The van der Waals surface area contributed by atoms with Gasteiger partial charge in [-0.1, -0.05) is 11.6 Å². The lowest BCUT2D eigenvalue weighted by Crippen LogP contribution is -2.14. The van der Waals surface area contributed by atoms with E-state index >= 15 is 0 Å². The van der Waals surface area contributed by atoms with E-state index in [0.717, 1.165) is 6.07 Å². The van der Waals surface area contributed by atoms with Crippen molar-refractivity contribution < 1.29 is 28.7 Å². The molecule has 0 unspecified atom stereocenters. The summed E-state index contributed by atoms with van der Waals surface area (Å²) in [5.41, 5.74) is 0.342. The molecule has 1 N–H and O–H groups in total. The zero-order chi connectivity index (χ0) is 27.8. The van der Waals surface area contributed by atoms with E-state index in [1.165, 1.54) is 31.4 Å². The molecular weight excluding hydrogens is 629 g/mol. The molecule has 0 aromatic heterocycles. The molecule has 0 heterocycles. The number of methoxy groups -OCH3 is 1. The Hall–Kier alpha value is -4.15. The van der Waals surface area contributed by atoms with Crippen LogP contribution in [0.25, 0.3) is 6.08 Å². The molecule has 0 aliphatic carbocycles. The largest absolute Gasteiger partial charge is 0.497 e. The quantitative estimate of drug-likeness (QED) is 0.0565. The molecule has 0 radical (unpaired) electrons. The van der Waals surface area contributed by atoms with Crippen molar-refractivity contribution in [1.29, 1.82) is 5.26 Å². The van der Waals surface area contributed by atoms with Gasteiger partial charge in [-0.05, 0) is 83.6 Å². The minimum atomic E-state index is -0.772. The first-order chi connectivity index (χ1) is 18.2. The summed E-state index contributed by atoms with van der Waals surface area (Å²) >= 11 is 7.99. The zero-order valence-electron chi connectivity index (χ0n) is 20.0. The highest BCUT2D eigenvalue weighted by molar-refractivity contribution is 14.1. The number of benzene rings is 3. The second-order valence-electron chi connectivity index (χ2n) is 7.43. The van der Waals surface area contributed by atoms with Gasteiger partial charge in [-0.25, -0.2) is 4.79 Å². The fraction of sp³-hybridized carbons (Fsp3) is 0.115. The number of halogens is 2. The van der Waals surface area contributed by atoms with Gasteiger partial charge in [-0.2, -0.15) is 5.26 Å². The van der Waals surface area contributed by atoms with Crippen molar-refractivity contribution in [3.05, 3.63) is 90.0 Å². The number of carbonyl (C=O) groups excluding carboxylic acids is 2. The number of esters is 1. The molecule has 0 atom stereocenters.